The van der Waals surface area contributed by atoms with Crippen LogP contribution in [-0.2, 0) is 14.1 Å². The first kappa shape index (κ1) is 15.9. The average Bonchev–Trinajstić information content (AvgIpc) is 2.32. The quantitative estimate of drug-likeness (QED) is 0.430. The largest absolute Gasteiger partial charge is 0.374 e. The zero-order valence-corrected chi connectivity index (χ0v) is 13.0. The Morgan fingerprint density at radius 1 is 1.24 bits per heavy atom. The van der Waals surface area contributed by atoms with Crippen molar-refractivity contribution in [3.8, 4) is 0 Å². The van der Waals surface area contributed by atoms with Crippen LogP contribution in [0.1, 0.15) is 45.4 Å². The number of rotatable bonds is 7. The summed E-state index contributed by atoms with van der Waals surface area (Å²) in [5.74, 6) is 1.50. The van der Waals surface area contributed by atoms with E-state index in [-0.39, 0.29) is 17.5 Å². The van der Waals surface area contributed by atoms with Gasteiger partial charge in [0, 0.05) is 0 Å². The first-order valence-corrected chi connectivity index (χ1v) is 8.19. The van der Waals surface area contributed by atoms with Crippen LogP contribution in [0.15, 0.2) is 0 Å². The second-order valence-corrected chi connectivity index (χ2v) is 8.53. The van der Waals surface area contributed by atoms with E-state index in [1.807, 2.05) is 0 Å². The van der Waals surface area contributed by atoms with Crippen molar-refractivity contribution in [2.45, 2.75) is 50.7 Å². The molecule has 1 N–H and O–H groups in total. The molecule has 4 aliphatic carbocycles. The molecule has 4 rings (SSSR count). The molecule has 7 heteroatoms. The fourth-order valence-electron chi connectivity index (χ4n) is 5.57. The molecule has 0 radical (unpaired) electrons. The molecule has 122 valence electrons. The van der Waals surface area contributed by atoms with E-state index in [0.717, 1.165) is 31.1 Å². The molecule has 4 bridgehead atoms. The summed E-state index contributed by atoms with van der Waals surface area (Å²) in [7, 11) is 0. The minimum Gasteiger partial charge on any atom is -0.374 e. The van der Waals surface area contributed by atoms with Gasteiger partial charge in [-0.2, -0.15) is 8.78 Å². The van der Waals surface area contributed by atoms with Gasteiger partial charge in [0.2, 0.25) is 0 Å². The average molecular weight is 324 g/mol. The van der Waals surface area contributed by atoms with Gasteiger partial charge in [0.25, 0.3) is 0 Å². The Balaban J connectivity index is 1.53. The third-order valence-corrected chi connectivity index (χ3v) is 5.83. The Morgan fingerprint density at radius 3 is 2.48 bits per heavy atom. The van der Waals surface area contributed by atoms with Gasteiger partial charge in [0.15, 0.2) is 0 Å². The molecule has 0 aromatic heterocycles. The molecule has 0 spiro atoms. The van der Waals surface area contributed by atoms with E-state index in [9.17, 15) is 8.78 Å². The summed E-state index contributed by atoms with van der Waals surface area (Å²) in [5, 5.41) is 7.89. The highest BCUT2D eigenvalue weighted by molar-refractivity contribution is 7.95. The Bertz CT molecular complexity index is 379. The van der Waals surface area contributed by atoms with E-state index in [1.54, 1.807) is 0 Å². The zero-order valence-electron chi connectivity index (χ0n) is 12.1. The molecule has 21 heavy (non-hydrogen) atoms. The molecule has 0 aliphatic heterocycles. The van der Waals surface area contributed by atoms with Crippen molar-refractivity contribution in [3.05, 3.63) is 0 Å². The van der Waals surface area contributed by atoms with Crippen molar-refractivity contribution in [1.82, 2.24) is 0 Å². The van der Waals surface area contributed by atoms with Crippen LogP contribution in [0.3, 0.4) is 0 Å². The number of ether oxygens (including phenoxy) is 1. The highest BCUT2D eigenvalue weighted by atomic mass is 32.2. The molecular weight excluding hydrogens is 302 g/mol. The molecule has 0 heterocycles. The molecular formula is C14H22F2O4S. The van der Waals surface area contributed by atoms with Crippen LogP contribution in [0.25, 0.3) is 0 Å². The van der Waals surface area contributed by atoms with Gasteiger partial charge in [0.05, 0.1) is 6.61 Å². The molecule has 4 nitrogen and oxygen atoms in total. The van der Waals surface area contributed by atoms with Crippen molar-refractivity contribution in [2.75, 3.05) is 13.2 Å². The lowest BCUT2D eigenvalue weighted by Crippen LogP contribution is -2.52. The van der Waals surface area contributed by atoms with Crippen molar-refractivity contribution < 1.29 is 28.1 Å². The summed E-state index contributed by atoms with van der Waals surface area (Å²) >= 11 is -0.236. The summed E-state index contributed by atoms with van der Waals surface area (Å²) < 4.78 is 35.9. The lowest BCUT2D eigenvalue weighted by molar-refractivity contribution is -0.433. The Labute approximate surface area is 127 Å². The Hall–Kier alpha value is 0.0500. The van der Waals surface area contributed by atoms with Crippen LogP contribution >= 0.6 is 12.0 Å². The van der Waals surface area contributed by atoms with Gasteiger partial charge in [-0.1, -0.05) is 12.0 Å². The summed E-state index contributed by atoms with van der Waals surface area (Å²) in [4.78, 5) is 0. The highest BCUT2D eigenvalue weighted by Gasteiger charge is 2.55. The topological polar surface area (TPSA) is 47.9 Å². The molecule has 4 aliphatic rings. The predicted octanol–water partition coefficient (Wildman–Crippen LogP) is 4.27. The van der Waals surface area contributed by atoms with Gasteiger partial charge < -0.3 is 4.74 Å². The van der Waals surface area contributed by atoms with E-state index in [2.05, 4.69) is 16.3 Å². The van der Waals surface area contributed by atoms with E-state index >= 15 is 0 Å². The van der Waals surface area contributed by atoms with Gasteiger partial charge in [-0.05, 0) is 61.2 Å². The molecule has 2 unspecified atom stereocenters. The fourth-order valence-corrected chi connectivity index (χ4v) is 5.83. The first-order valence-electron chi connectivity index (χ1n) is 7.45. The number of hydrogen-bond acceptors (Lipinski definition) is 5. The van der Waals surface area contributed by atoms with Crippen LogP contribution < -0.4 is 0 Å². The van der Waals surface area contributed by atoms with Crippen LogP contribution in [0, 0.1) is 22.7 Å². The normalized spacial score (nSPS) is 41.7. The summed E-state index contributed by atoms with van der Waals surface area (Å²) in [6, 6.07) is 0. The molecule has 0 aromatic rings. The first-order chi connectivity index (χ1) is 9.84. The van der Waals surface area contributed by atoms with Crippen LogP contribution in [-0.4, -0.2) is 23.7 Å². The van der Waals surface area contributed by atoms with Crippen LogP contribution in [0.5, 0.6) is 0 Å². The third-order valence-electron chi connectivity index (χ3n) is 5.34. The molecule has 2 atom stereocenters. The number of alkyl halides is 2. The van der Waals surface area contributed by atoms with E-state index < -0.39 is 11.9 Å². The molecule has 0 aromatic carbocycles. The maximum absolute atomic E-state index is 13.4. The van der Waals surface area contributed by atoms with E-state index in [1.165, 1.54) is 19.3 Å². The number of hydrogen-bond donors (Lipinski definition) is 1. The highest BCUT2D eigenvalue weighted by Crippen LogP contribution is 2.65. The van der Waals surface area contributed by atoms with Crippen LogP contribution in [0.4, 0.5) is 8.78 Å². The SMILES string of the molecule is CC12CC3CC(C1)CC(COCC(F)(F)SOOO)(C3)C2. The fraction of sp³-hybridized carbons (Fsp3) is 1.00. The summed E-state index contributed by atoms with van der Waals surface area (Å²) in [6.07, 6.45) is 7.23. The van der Waals surface area contributed by atoms with Gasteiger partial charge in [-0.25, -0.2) is 5.26 Å². The standard InChI is InChI=1S/C14H22F2O4S/c1-12-3-10-2-11(4-12)6-13(5-10,7-12)8-18-9-14(15,16)21-20-19-17/h10-11,17H,2-9H2,1H3. The van der Waals surface area contributed by atoms with E-state index in [4.69, 9.17) is 9.99 Å². The van der Waals surface area contributed by atoms with Crippen LogP contribution in [0.2, 0.25) is 0 Å². The molecule has 0 saturated heterocycles. The van der Waals surface area contributed by atoms with Gasteiger partial charge in [0.1, 0.15) is 18.6 Å². The molecule has 4 saturated carbocycles. The number of halogens is 2. The van der Waals surface area contributed by atoms with Crippen molar-refractivity contribution in [2.24, 2.45) is 22.7 Å². The second-order valence-electron chi connectivity index (χ2n) is 7.63. The lowest BCUT2D eigenvalue weighted by Gasteiger charge is -2.61. The summed E-state index contributed by atoms with van der Waals surface area (Å²) in [5.41, 5.74) is 0.479. The second kappa shape index (κ2) is 5.60. The third kappa shape index (κ3) is 3.52. The monoisotopic (exact) mass is 324 g/mol. The minimum atomic E-state index is -3.23. The van der Waals surface area contributed by atoms with Gasteiger partial charge in [-0.3, -0.25) is 0 Å². The smallest absolute Gasteiger partial charge is 0.343 e. The van der Waals surface area contributed by atoms with Gasteiger partial charge in [-0.15, -0.1) is 4.33 Å². The maximum atomic E-state index is 13.4. The molecule has 0 amide bonds. The van der Waals surface area contributed by atoms with Crippen molar-refractivity contribution in [1.29, 1.82) is 0 Å². The molecule has 4 fully saturated rings. The Kier molecular flexibility index (Phi) is 4.25. The minimum absolute atomic E-state index is 0.0912. The summed E-state index contributed by atoms with van der Waals surface area (Å²) in [6.45, 7) is 2.01. The van der Waals surface area contributed by atoms with Gasteiger partial charge >= 0.3 is 5.25 Å². The zero-order chi connectivity index (χ0) is 15.1. The lowest BCUT2D eigenvalue weighted by atomic mass is 9.45. The predicted molar refractivity (Wildman–Crippen MR) is 73.4 cm³/mol. The van der Waals surface area contributed by atoms with Crippen molar-refractivity contribution >= 4 is 12.0 Å². The Morgan fingerprint density at radius 2 is 1.90 bits per heavy atom. The maximum Gasteiger partial charge on any atom is 0.343 e. The van der Waals surface area contributed by atoms with E-state index in [0.29, 0.717) is 12.0 Å². The van der Waals surface area contributed by atoms with Crippen molar-refractivity contribution in [3.63, 3.8) is 0 Å².